The van der Waals surface area contributed by atoms with Crippen LogP contribution < -0.4 is 5.73 Å². The van der Waals surface area contributed by atoms with Crippen molar-refractivity contribution in [1.29, 1.82) is 0 Å². The standard InChI is InChI=1S/C8H8ClN3S/c9-7-3-11-12(8(7)10)4-6-1-2-13-5-6/h1-3,5H,4,10H2. The van der Waals surface area contributed by atoms with E-state index < -0.39 is 0 Å². The zero-order chi connectivity index (χ0) is 9.26. The zero-order valence-corrected chi connectivity index (χ0v) is 8.35. The Morgan fingerprint density at radius 2 is 2.46 bits per heavy atom. The molecule has 0 aliphatic carbocycles. The van der Waals surface area contributed by atoms with Crippen molar-refractivity contribution >= 4 is 28.8 Å². The second-order valence-corrected chi connectivity index (χ2v) is 3.85. The molecule has 0 aliphatic rings. The van der Waals surface area contributed by atoms with Gasteiger partial charge in [-0.2, -0.15) is 16.4 Å². The lowest BCUT2D eigenvalue weighted by Crippen LogP contribution is -2.04. The van der Waals surface area contributed by atoms with E-state index in [1.165, 1.54) is 5.56 Å². The van der Waals surface area contributed by atoms with E-state index in [1.54, 1.807) is 22.2 Å². The summed E-state index contributed by atoms with van der Waals surface area (Å²) in [4.78, 5) is 0. The Bertz CT molecular complexity index is 393. The lowest BCUT2D eigenvalue weighted by molar-refractivity contribution is 0.699. The van der Waals surface area contributed by atoms with Gasteiger partial charge in [-0.25, -0.2) is 4.68 Å². The maximum atomic E-state index is 5.76. The average Bonchev–Trinajstić information content (AvgIpc) is 2.71. The van der Waals surface area contributed by atoms with Gasteiger partial charge in [0, 0.05) is 0 Å². The number of anilines is 1. The van der Waals surface area contributed by atoms with Gasteiger partial charge < -0.3 is 5.73 Å². The van der Waals surface area contributed by atoms with E-state index in [0.29, 0.717) is 17.4 Å². The summed E-state index contributed by atoms with van der Waals surface area (Å²) in [7, 11) is 0. The highest BCUT2D eigenvalue weighted by atomic mass is 35.5. The Balaban J connectivity index is 2.24. The molecule has 2 aromatic heterocycles. The van der Waals surface area contributed by atoms with Gasteiger partial charge >= 0.3 is 0 Å². The lowest BCUT2D eigenvalue weighted by Gasteiger charge is -2.01. The SMILES string of the molecule is Nc1c(Cl)cnn1Cc1ccsc1. The van der Waals surface area contributed by atoms with Crippen molar-refractivity contribution in [2.75, 3.05) is 5.73 Å². The fourth-order valence-electron chi connectivity index (χ4n) is 1.05. The Kier molecular flexibility index (Phi) is 2.24. The number of hydrogen-bond acceptors (Lipinski definition) is 3. The monoisotopic (exact) mass is 213 g/mol. The normalized spacial score (nSPS) is 10.5. The van der Waals surface area contributed by atoms with E-state index in [0.717, 1.165) is 0 Å². The van der Waals surface area contributed by atoms with Crippen LogP contribution in [0.4, 0.5) is 5.82 Å². The molecule has 0 fully saturated rings. The Morgan fingerprint density at radius 1 is 1.62 bits per heavy atom. The van der Waals surface area contributed by atoms with E-state index in [1.807, 2.05) is 11.4 Å². The molecule has 2 aromatic rings. The quantitative estimate of drug-likeness (QED) is 0.832. The van der Waals surface area contributed by atoms with Crippen LogP contribution in [0.25, 0.3) is 0 Å². The van der Waals surface area contributed by atoms with Crippen molar-refractivity contribution in [2.45, 2.75) is 6.54 Å². The number of thiophene rings is 1. The van der Waals surface area contributed by atoms with Gasteiger partial charge in [0.1, 0.15) is 10.8 Å². The smallest absolute Gasteiger partial charge is 0.140 e. The predicted molar refractivity (Wildman–Crippen MR) is 55.1 cm³/mol. The Hall–Kier alpha value is -1.000. The van der Waals surface area contributed by atoms with Gasteiger partial charge in [0.2, 0.25) is 0 Å². The van der Waals surface area contributed by atoms with Crippen LogP contribution in [0.1, 0.15) is 5.56 Å². The summed E-state index contributed by atoms with van der Waals surface area (Å²) in [5.41, 5.74) is 6.88. The van der Waals surface area contributed by atoms with Crippen LogP contribution in [0.2, 0.25) is 5.02 Å². The third-order valence-electron chi connectivity index (χ3n) is 1.75. The molecule has 0 radical (unpaired) electrons. The van der Waals surface area contributed by atoms with Crippen molar-refractivity contribution in [3.63, 3.8) is 0 Å². The van der Waals surface area contributed by atoms with Crippen LogP contribution in [0.3, 0.4) is 0 Å². The van der Waals surface area contributed by atoms with Crippen molar-refractivity contribution in [2.24, 2.45) is 0 Å². The zero-order valence-electron chi connectivity index (χ0n) is 6.77. The number of nitrogen functional groups attached to an aromatic ring is 1. The van der Waals surface area contributed by atoms with Crippen LogP contribution in [-0.2, 0) is 6.54 Å². The minimum absolute atomic E-state index is 0.509. The predicted octanol–water partition coefficient (Wildman–Crippen LogP) is 2.23. The third kappa shape index (κ3) is 1.68. The van der Waals surface area contributed by atoms with Gasteiger partial charge in [-0.1, -0.05) is 11.6 Å². The molecule has 2 heterocycles. The number of nitrogens with zero attached hydrogens (tertiary/aromatic N) is 2. The second-order valence-electron chi connectivity index (χ2n) is 2.67. The number of aromatic nitrogens is 2. The molecule has 13 heavy (non-hydrogen) atoms. The van der Waals surface area contributed by atoms with Crippen molar-refractivity contribution in [3.05, 3.63) is 33.6 Å². The van der Waals surface area contributed by atoms with E-state index in [9.17, 15) is 0 Å². The van der Waals surface area contributed by atoms with E-state index in [-0.39, 0.29) is 0 Å². The van der Waals surface area contributed by atoms with Crippen LogP contribution >= 0.6 is 22.9 Å². The molecule has 0 spiro atoms. The molecule has 5 heteroatoms. The van der Waals surface area contributed by atoms with Crippen LogP contribution in [0.5, 0.6) is 0 Å². The minimum Gasteiger partial charge on any atom is -0.383 e. The molecule has 0 amide bonds. The molecule has 0 saturated carbocycles. The van der Waals surface area contributed by atoms with Crippen LogP contribution in [0, 0.1) is 0 Å². The fourth-order valence-corrected chi connectivity index (χ4v) is 1.85. The molecular weight excluding hydrogens is 206 g/mol. The molecule has 2 N–H and O–H groups in total. The first-order chi connectivity index (χ1) is 6.27. The molecule has 3 nitrogen and oxygen atoms in total. The van der Waals surface area contributed by atoms with Crippen LogP contribution in [0.15, 0.2) is 23.0 Å². The molecule has 0 bridgehead atoms. The highest BCUT2D eigenvalue weighted by Gasteiger charge is 2.04. The average molecular weight is 214 g/mol. The molecule has 0 atom stereocenters. The maximum absolute atomic E-state index is 5.76. The Morgan fingerprint density at radius 3 is 3.00 bits per heavy atom. The van der Waals surface area contributed by atoms with Gasteiger partial charge in [-0.15, -0.1) is 0 Å². The van der Waals surface area contributed by atoms with Gasteiger partial charge in [-0.05, 0) is 22.4 Å². The van der Waals surface area contributed by atoms with E-state index in [2.05, 4.69) is 10.5 Å². The summed E-state index contributed by atoms with van der Waals surface area (Å²) in [6.07, 6.45) is 1.56. The number of rotatable bonds is 2. The molecule has 0 aromatic carbocycles. The molecular formula is C8H8ClN3S. The number of nitrogens with two attached hydrogens (primary N) is 1. The molecule has 0 unspecified atom stereocenters. The lowest BCUT2D eigenvalue weighted by atomic mass is 10.3. The van der Waals surface area contributed by atoms with Crippen molar-refractivity contribution in [1.82, 2.24) is 9.78 Å². The van der Waals surface area contributed by atoms with Crippen LogP contribution in [-0.4, -0.2) is 9.78 Å². The molecule has 2 rings (SSSR count). The summed E-state index contributed by atoms with van der Waals surface area (Å²) in [6, 6.07) is 2.04. The van der Waals surface area contributed by atoms with Gasteiger partial charge in [0.05, 0.1) is 12.7 Å². The second kappa shape index (κ2) is 3.40. The molecule has 0 aliphatic heterocycles. The minimum atomic E-state index is 0.509. The van der Waals surface area contributed by atoms with Gasteiger partial charge in [0.25, 0.3) is 0 Å². The Labute approximate surface area is 84.7 Å². The first-order valence-corrected chi connectivity index (χ1v) is 5.07. The molecule has 68 valence electrons. The summed E-state index contributed by atoms with van der Waals surface area (Å²) in [6.45, 7) is 0.683. The first-order valence-electron chi connectivity index (χ1n) is 3.75. The largest absolute Gasteiger partial charge is 0.383 e. The van der Waals surface area contributed by atoms with E-state index in [4.69, 9.17) is 17.3 Å². The van der Waals surface area contributed by atoms with Crippen molar-refractivity contribution < 1.29 is 0 Å². The third-order valence-corrected chi connectivity index (χ3v) is 2.77. The summed E-state index contributed by atoms with van der Waals surface area (Å²) in [5, 5.41) is 8.65. The molecule has 0 saturated heterocycles. The fraction of sp³-hybridized carbons (Fsp3) is 0.125. The first kappa shape index (κ1) is 8.59. The number of halogens is 1. The summed E-state index contributed by atoms with van der Waals surface area (Å²) in [5.74, 6) is 0.521. The van der Waals surface area contributed by atoms with Crippen molar-refractivity contribution in [3.8, 4) is 0 Å². The summed E-state index contributed by atoms with van der Waals surface area (Å²) >= 11 is 7.42. The highest BCUT2D eigenvalue weighted by molar-refractivity contribution is 7.07. The topological polar surface area (TPSA) is 43.8 Å². The summed E-state index contributed by atoms with van der Waals surface area (Å²) < 4.78 is 1.68. The van der Waals surface area contributed by atoms with Gasteiger partial charge in [0.15, 0.2) is 0 Å². The van der Waals surface area contributed by atoms with E-state index >= 15 is 0 Å². The number of hydrogen-bond donors (Lipinski definition) is 1. The maximum Gasteiger partial charge on any atom is 0.140 e. The highest BCUT2D eigenvalue weighted by Crippen LogP contribution is 2.18. The van der Waals surface area contributed by atoms with Gasteiger partial charge in [-0.3, -0.25) is 0 Å².